The third kappa shape index (κ3) is 6.50. The summed E-state index contributed by atoms with van der Waals surface area (Å²) in [5.41, 5.74) is 1.97. The van der Waals surface area contributed by atoms with Crippen molar-refractivity contribution in [1.29, 1.82) is 0 Å². The first-order valence-corrected chi connectivity index (χ1v) is 14.8. The molecule has 0 radical (unpaired) electrons. The summed E-state index contributed by atoms with van der Waals surface area (Å²) in [5.74, 6) is -0.000979. The number of esters is 1. The van der Waals surface area contributed by atoms with Crippen LogP contribution in [0.5, 0.6) is 0 Å². The Balaban J connectivity index is 1.72. The third-order valence-corrected chi connectivity index (χ3v) is 7.04. The highest BCUT2D eigenvalue weighted by Gasteiger charge is 2.34. The highest BCUT2D eigenvalue weighted by molar-refractivity contribution is 6.35. The molecule has 0 saturated heterocycles. The van der Waals surface area contributed by atoms with Gasteiger partial charge in [0.05, 0.1) is 34.4 Å². The van der Waals surface area contributed by atoms with Crippen molar-refractivity contribution in [2.45, 2.75) is 59.7 Å². The lowest BCUT2D eigenvalue weighted by Gasteiger charge is -2.28. The van der Waals surface area contributed by atoms with Crippen LogP contribution in [-0.2, 0) is 14.2 Å². The van der Waals surface area contributed by atoms with Crippen LogP contribution in [0.2, 0.25) is 5.02 Å². The normalized spacial score (nSPS) is 11.8. The molecule has 0 unspecified atom stereocenters. The van der Waals surface area contributed by atoms with Gasteiger partial charge in [-0.3, -0.25) is 9.55 Å². The van der Waals surface area contributed by atoms with Crippen LogP contribution in [0.3, 0.4) is 0 Å². The maximum absolute atomic E-state index is 13.3. The molecule has 0 bridgehead atoms. The smallest absolute Gasteiger partial charge is 0.425 e. The van der Waals surface area contributed by atoms with E-state index in [0.717, 1.165) is 16.0 Å². The first kappa shape index (κ1) is 32.4. The third-order valence-electron chi connectivity index (χ3n) is 6.73. The summed E-state index contributed by atoms with van der Waals surface area (Å²) in [6.07, 6.45) is 1.22. The molecule has 2 aromatic carbocycles. The summed E-state index contributed by atoms with van der Waals surface area (Å²) in [7, 11) is 1.30. The summed E-state index contributed by atoms with van der Waals surface area (Å²) in [5, 5.41) is 1.29. The lowest BCUT2D eigenvalue weighted by molar-refractivity contribution is 0.0428. The number of benzene rings is 2. The monoisotopic (exact) mass is 643 g/mol. The van der Waals surface area contributed by atoms with Gasteiger partial charge in [0.25, 0.3) is 0 Å². The van der Waals surface area contributed by atoms with Crippen LogP contribution in [-0.4, -0.2) is 56.0 Å². The predicted molar refractivity (Wildman–Crippen MR) is 176 cm³/mol. The average molecular weight is 644 g/mol. The minimum absolute atomic E-state index is 0.0276. The molecular formula is C34H34ClN5O6. The van der Waals surface area contributed by atoms with Crippen LogP contribution in [0.1, 0.15) is 57.7 Å². The molecule has 0 saturated carbocycles. The molecule has 238 valence electrons. The van der Waals surface area contributed by atoms with Crippen LogP contribution in [0.25, 0.3) is 38.8 Å². The molecule has 0 N–H and O–H groups in total. The van der Waals surface area contributed by atoms with Crippen LogP contribution in [0, 0.1) is 6.92 Å². The number of carbonyl (C=O) groups is 3. The van der Waals surface area contributed by atoms with E-state index in [9.17, 15) is 14.4 Å². The highest BCUT2D eigenvalue weighted by atomic mass is 35.5. The number of methoxy groups -OCH3 is 1. The molecule has 11 nitrogen and oxygen atoms in total. The van der Waals surface area contributed by atoms with Crippen molar-refractivity contribution >= 4 is 57.5 Å². The average Bonchev–Trinajstić information content (AvgIpc) is 3.30. The largest absolute Gasteiger partial charge is 0.465 e. The number of halogens is 1. The van der Waals surface area contributed by atoms with Gasteiger partial charge in [0, 0.05) is 17.8 Å². The van der Waals surface area contributed by atoms with Gasteiger partial charge < -0.3 is 14.2 Å². The van der Waals surface area contributed by atoms with Crippen molar-refractivity contribution < 1.29 is 28.6 Å². The minimum Gasteiger partial charge on any atom is -0.465 e. The number of rotatable bonds is 4. The SMILES string of the molecule is COC(=O)c1cc(-c2ccnc(N(C(=O)OC(C)(C)C)C(=O)OC(C)(C)C)c2)cc2c1nc(C)n2-c1ccnc2c(Cl)cccc12. The fourth-order valence-corrected chi connectivity index (χ4v) is 5.17. The van der Waals surface area contributed by atoms with Crippen molar-refractivity contribution in [1.82, 2.24) is 19.5 Å². The summed E-state index contributed by atoms with van der Waals surface area (Å²) in [6, 6.07) is 14.1. The topological polar surface area (TPSA) is 126 Å². The number of imidazole rings is 1. The predicted octanol–water partition coefficient (Wildman–Crippen LogP) is 8.06. The number of pyridine rings is 2. The molecule has 0 aliphatic carbocycles. The number of aryl methyl sites for hydroxylation is 1. The molecule has 5 aromatic rings. The highest BCUT2D eigenvalue weighted by Crippen LogP contribution is 2.35. The first-order chi connectivity index (χ1) is 21.6. The lowest BCUT2D eigenvalue weighted by Crippen LogP contribution is -2.44. The maximum atomic E-state index is 13.3. The molecule has 0 aliphatic heterocycles. The van der Waals surface area contributed by atoms with Crippen molar-refractivity contribution in [2.75, 3.05) is 12.0 Å². The summed E-state index contributed by atoms with van der Waals surface area (Å²) < 4.78 is 18.1. The molecule has 12 heteroatoms. The van der Waals surface area contributed by atoms with E-state index >= 15 is 0 Å². The number of amides is 2. The minimum atomic E-state index is -0.950. The Morgan fingerprint density at radius 3 is 2.11 bits per heavy atom. The van der Waals surface area contributed by atoms with Gasteiger partial charge in [0.2, 0.25) is 0 Å². The number of aromatic nitrogens is 4. The molecule has 46 heavy (non-hydrogen) atoms. The standard InChI is InChI=1S/C34H34ClN5O6/c1-19-38-29-23(30(41)44-8)16-21(17-26(29)39(19)25-13-15-37-28-22(25)10-9-11-24(28)35)20-12-14-36-27(18-20)40(31(42)45-33(2,3)4)32(43)46-34(5,6)7/h9-18H,1-8H3. The van der Waals surface area contributed by atoms with E-state index < -0.39 is 29.4 Å². The number of hydrogen-bond acceptors (Lipinski definition) is 9. The fourth-order valence-electron chi connectivity index (χ4n) is 4.95. The van der Waals surface area contributed by atoms with Crippen LogP contribution in [0.4, 0.5) is 15.4 Å². The molecule has 0 atom stereocenters. The van der Waals surface area contributed by atoms with Gasteiger partial charge in [0.15, 0.2) is 0 Å². The molecule has 0 fully saturated rings. The Hall–Kier alpha value is -5.03. The Morgan fingerprint density at radius 2 is 1.48 bits per heavy atom. The number of fused-ring (bicyclic) bond motifs is 2. The number of carbonyl (C=O) groups excluding carboxylic acids is 3. The quantitative estimate of drug-likeness (QED) is 0.141. The zero-order chi connectivity index (χ0) is 33.6. The van der Waals surface area contributed by atoms with Crippen LogP contribution >= 0.6 is 11.6 Å². The molecule has 3 heterocycles. The number of nitrogens with zero attached hydrogens (tertiary/aromatic N) is 5. The Bertz CT molecular complexity index is 1980. The number of anilines is 1. The fraction of sp³-hybridized carbons (Fsp3) is 0.294. The molecule has 2 amide bonds. The zero-order valence-corrected chi connectivity index (χ0v) is 27.6. The number of imide groups is 1. The van der Waals surface area contributed by atoms with E-state index in [0.29, 0.717) is 38.5 Å². The van der Waals surface area contributed by atoms with Crippen molar-refractivity contribution in [2.24, 2.45) is 0 Å². The van der Waals surface area contributed by atoms with E-state index in [1.807, 2.05) is 35.8 Å². The van der Waals surface area contributed by atoms with Gasteiger partial charge in [-0.15, -0.1) is 0 Å². The molecule has 0 spiro atoms. The number of para-hydroxylation sites is 1. The van der Waals surface area contributed by atoms with Crippen molar-refractivity contribution in [3.63, 3.8) is 0 Å². The van der Waals surface area contributed by atoms with Gasteiger partial charge in [-0.25, -0.2) is 24.4 Å². The van der Waals surface area contributed by atoms with E-state index in [4.69, 9.17) is 30.8 Å². The van der Waals surface area contributed by atoms with Crippen molar-refractivity contribution in [3.8, 4) is 16.8 Å². The molecule has 0 aliphatic rings. The number of hydrogen-bond donors (Lipinski definition) is 0. The van der Waals surface area contributed by atoms with Crippen LogP contribution < -0.4 is 4.90 Å². The zero-order valence-electron chi connectivity index (χ0n) is 26.8. The second-order valence-electron chi connectivity index (χ2n) is 12.5. The van der Waals surface area contributed by atoms with Gasteiger partial charge in [0.1, 0.15) is 28.4 Å². The Morgan fingerprint density at radius 1 is 0.826 bits per heavy atom. The van der Waals surface area contributed by atoms with Gasteiger partial charge in [-0.05, 0) is 96.0 Å². The maximum Gasteiger partial charge on any atom is 0.425 e. The molecule has 3 aromatic heterocycles. The van der Waals surface area contributed by atoms with Gasteiger partial charge in [-0.2, -0.15) is 4.90 Å². The van der Waals surface area contributed by atoms with E-state index in [1.54, 1.807) is 72.0 Å². The lowest BCUT2D eigenvalue weighted by atomic mass is 10.0. The van der Waals surface area contributed by atoms with Gasteiger partial charge >= 0.3 is 18.2 Å². The van der Waals surface area contributed by atoms with E-state index in [-0.39, 0.29) is 11.4 Å². The Labute approximate surface area is 271 Å². The molecule has 5 rings (SSSR count). The van der Waals surface area contributed by atoms with Gasteiger partial charge in [-0.1, -0.05) is 23.7 Å². The van der Waals surface area contributed by atoms with E-state index in [2.05, 4.69) is 9.97 Å². The first-order valence-electron chi connectivity index (χ1n) is 14.5. The molecular weight excluding hydrogens is 610 g/mol. The summed E-state index contributed by atoms with van der Waals surface area (Å²) in [6.45, 7) is 12.0. The summed E-state index contributed by atoms with van der Waals surface area (Å²) >= 11 is 6.47. The Kier molecular flexibility index (Phi) is 8.48. The van der Waals surface area contributed by atoms with E-state index in [1.165, 1.54) is 13.3 Å². The second-order valence-corrected chi connectivity index (χ2v) is 12.9. The number of ether oxygens (including phenoxy) is 3. The van der Waals surface area contributed by atoms with Crippen LogP contribution in [0.15, 0.2) is 60.9 Å². The summed E-state index contributed by atoms with van der Waals surface area (Å²) in [4.78, 5) is 54.0. The second kappa shape index (κ2) is 12.1. The van der Waals surface area contributed by atoms with Crippen molar-refractivity contribution in [3.05, 3.63) is 77.3 Å².